The number of hydrogen-bond acceptors (Lipinski definition) is 3. The summed E-state index contributed by atoms with van der Waals surface area (Å²) in [5, 5.41) is 0.885. The van der Waals surface area contributed by atoms with Crippen molar-refractivity contribution in [2.75, 3.05) is 0 Å². The summed E-state index contributed by atoms with van der Waals surface area (Å²) in [5.41, 5.74) is 1.04. The van der Waals surface area contributed by atoms with Crippen LogP contribution >= 0.6 is 0 Å². The molecule has 4 heteroatoms. The van der Waals surface area contributed by atoms with Gasteiger partial charge in [-0.25, -0.2) is 4.39 Å². The van der Waals surface area contributed by atoms with E-state index in [2.05, 4.69) is 4.98 Å². The predicted octanol–water partition coefficient (Wildman–Crippen LogP) is 4.37. The number of benzene rings is 2. The lowest BCUT2D eigenvalue weighted by atomic mass is 10.1. The molecule has 0 spiro atoms. The molecule has 1 heterocycles. The molecule has 104 valence electrons. The third kappa shape index (κ3) is 2.60. The van der Waals surface area contributed by atoms with Crippen LogP contribution < -0.4 is 4.74 Å². The van der Waals surface area contributed by atoms with Crippen LogP contribution in [0.1, 0.15) is 17.3 Å². The lowest BCUT2D eigenvalue weighted by molar-refractivity contribution is 0.101. The quantitative estimate of drug-likeness (QED) is 0.669. The van der Waals surface area contributed by atoms with Crippen LogP contribution in [0.2, 0.25) is 0 Å². The fourth-order valence-electron chi connectivity index (χ4n) is 2.11. The molecule has 3 rings (SSSR count). The van der Waals surface area contributed by atoms with Crippen molar-refractivity contribution in [3.8, 4) is 11.5 Å². The molecule has 0 fully saturated rings. The van der Waals surface area contributed by atoms with Gasteiger partial charge in [0, 0.05) is 5.39 Å². The van der Waals surface area contributed by atoms with Crippen LogP contribution in [-0.4, -0.2) is 10.8 Å². The van der Waals surface area contributed by atoms with E-state index >= 15 is 0 Å². The zero-order valence-corrected chi connectivity index (χ0v) is 11.3. The number of fused-ring (bicyclic) bond motifs is 1. The Morgan fingerprint density at radius 3 is 2.76 bits per heavy atom. The topological polar surface area (TPSA) is 39.2 Å². The number of rotatable bonds is 3. The smallest absolute Gasteiger partial charge is 0.173 e. The van der Waals surface area contributed by atoms with Crippen LogP contribution in [-0.2, 0) is 0 Å². The van der Waals surface area contributed by atoms with E-state index in [1.807, 2.05) is 24.3 Å². The first-order valence-corrected chi connectivity index (χ1v) is 6.47. The average Bonchev–Trinajstić information content (AvgIpc) is 2.49. The molecule has 0 saturated heterocycles. The summed E-state index contributed by atoms with van der Waals surface area (Å²) >= 11 is 0. The first kappa shape index (κ1) is 13.2. The van der Waals surface area contributed by atoms with Crippen LogP contribution in [0.5, 0.6) is 11.5 Å². The zero-order valence-electron chi connectivity index (χ0n) is 11.3. The van der Waals surface area contributed by atoms with E-state index in [9.17, 15) is 9.18 Å². The van der Waals surface area contributed by atoms with Gasteiger partial charge in [0.05, 0.1) is 17.3 Å². The number of aromatic nitrogens is 1. The van der Waals surface area contributed by atoms with Crippen molar-refractivity contribution >= 4 is 16.7 Å². The van der Waals surface area contributed by atoms with Gasteiger partial charge in [-0.05, 0) is 31.2 Å². The summed E-state index contributed by atoms with van der Waals surface area (Å²) in [4.78, 5) is 15.8. The average molecular weight is 281 g/mol. The molecule has 0 amide bonds. The van der Waals surface area contributed by atoms with Gasteiger partial charge in [-0.1, -0.05) is 24.3 Å². The monoisotopic (exact) mass is 281 g/mol. The minimum Gasteiger partial charge on any atom is -0.452 e. The lowest BCUT2D eigenvalue weighted by Crippen LogP contribution is -1.99. The van der Waals surface area contributed by atoms with Crippen molar-refractivity contribution in [3.05, 3.63) is 66.1 Å². The van der Waals surface area contributed by atoms with Crippen molar-refractivity contribution in [1.29, 1.82) is 0 Å². The van der Waals surface area contributed by atoms with Gasteiger partial charge in [0.25, 0.3) is 0 Å². The molecule has 0 aliphatic carbocycles. The molecule has 3 aromatic rings. The molecule has 0 atom stereocenters. The van der Waals surface area contributed by atoms with E-state index in [-0.39, 0.29) is 17.1 Å². The number of ketones is 1. The maximum atomic E-state index is 13.9. The van der Waals surface area contributed by atoms with Gasteiger partial charge in [0.1, 0.15) is 5.75 Å². The van der Waals surface area contributed by atoms with Gasteiger partial charge in [0.15, 0.2) is 17.3 Å². The number of halogens is 1. The first-order valence-electron chi connectivity index (χ1n) is 6.47. The fraction of sp³-hybridized carbons (Fsp3) is 0.0588. The molecule has 0 saturated carbocycles. The van der Waals surface area contributed by atoms with Crippen LogP contribution in [0.4, 0.5) is 4.39 Å². The van der Waals surface area contributed by atoms with Crippen molar-refractivity contribution < 1.29 is 13.9 Å². The molecule has 0 radical (unpaired) electrons. The second-order valence-corrected chi connectivity index (χ2v) is 4.64. The Hall–Kier alpha value is -2.75. The number of para-hydroxylation sites is 2. The molecule has 21 heavy (non-hydrogen) atoms. The van der Waals surface area contributed by atoms with Crippen molar-refractivity contribution in [3.63, 3.8) is 0 Å². The maximum Gasteiger partial charge on any atom is 0.173 e. The third-order valence-electron chi connectivity index (χ3n) is 3.13. The highest BCUT2D eigenvalue weighted by Crippen LogP contribution is 2.29. The Bertz CT molecular complexity index is 830. The van der Waals surface area contributed by atoms with E-state index in [1.54, 1.807) is 6.07 Å². The highest BCUT2D eigenvalue weighted by atomic mass is 19.1. The number of carbonyl (C=O) groups excluding carboxylic acids is 1. The Kier molecular flexibility index (Phi) is 3.36. The molecule has 0 N–H and O–H groups in total. The molecule has 0 unspecified atom stereocenters. The molecule has 0 aliphatic heterocycles. The van der Waals surface area contributed by atoms with E-state index in [1.165, 1.54) is 31.3 Å². The van der Waals surface area contributed by atoms with Gasteiger partial charge in [-0.3, -0.25) is 9.78 Å². The predicted molar refractivity (Wildman–Crippen MR) is 78.2 cm³/mol. The Labute approximate surface area is 121 Å². The van der Waals surface area contributed by atoms with Gasteiger partial charge in [-0.2, -0.15) is 0 Å². The van der Waals surface area contributed by atoms with Gasteiger partial charge < -0.3 is 4.74 Å². The molecular weight excluding hydrogens is 269 g/mol. The number of pyridine rings is 1. The largest absolute Gasteiger partial charge is 0.452 e. The highest BCUT2D eigenvalue weighted by molar-refractivity contribution is 5.97. The normalized spacial score (nSPS) is 10.6. The first-order chi connectivity index (χ1) is 10.1. The summed E-state index contributed by atoms with van der Waals surface area (Å²) in [6, 6.07) is 13.6. The van der Waals surface area contributed by atoms with Crippen LogP contribution in [0.25, 0.3) is 10.9 Å². The molecule has 3 nitrogen and oxygen atoms in total. The van der Waals surface area contributed by atoms with Gasteiger partial charge >= 0.3 is 0 Å². The van der Waals surface area contributed by atoms with Crippen molar-refractivity contribution in [2.45, 2.75) is 6.92 Å². The van der Waals surface area contributed by atoms with E-state index in [0.29, 0.717) is 5.75 Å². The zero-order chi connectivity index (χ0) is 14.8. The van der Waals surface area contributed by atoms with E-state index < -0.39 is 5.82 Å². The molecule has 1 aromatic heterocycles. The van der Waals surface area contributed by atoms with Crippen molar-refractivity contribution in [1.82, 2.24) is 4.98 Å². The second kappa shape index (κ2) is 5.32. The minimum atomic E-state index is -0.573. The number of Topliss-reactive ketones (excluding diaryl/α,β-unsaturated/α-hetero) is 1. The standard InChI is InChI=1S/C17H12FNO2/c1-11(20)14-6-4-7-15(18)17(14)21-13-9-12-5-2-3-8-16(12)19-10-13/h2-10H,1H3. The molecule has 0 bridgehead atoms. The number of carbonyl (C=O) groups is 1. The number of hydrogen-bond donors (Lipinski definition) is 0. The lowest BCUT2D eigenvalue weighted by Gasteiger charge is -2.10. The second-order valence-electron chi connectivity index (χ2n) is 4.64. The summed E-state index contributed by atoms with van der Waals surface area (Å²) < 4.78 is 19.5. The summed E-state index contributed by atoms with van der Waals surface area (Å²) in [6.07, 6.45) is 1.51. The fourth-order valence-corrected chi connectivity index (χ4v) is 2.11. The summed E-state index contributed by atoms with van der Waals surface area (Å²) in [7, 11) is 0. The van der Waals surface area contributed by atoms with Crippen LogP contribution in [0.3, 0.4) is 0 Å². The third-order valence-corrected chi connectivity index (χ3v) is 3.13. The van der Waals surface area contributed by atoms with Crippen LogP contribution in [0, 0.1) is 5.82 Å². The highest BCUT2D eigenvalue weighted by Gasteiger charge is 2.14. The minimum absolute atomic E-state index is 0.0675. The van der Waals surface area contributed by atoms with Crippen LogP contribution in [0.15, 0.2) is 54.7 Å². The van der Waals surface area contributed by atoms with Crippen molar-refractivity contribution in [2.24, 2.45) is 0 Å². The number of ether oxygens (including phenoxy) is 1. The van der Waals surface area contributed by atoms with Gasteiger partial charge in [0.2, 0.25) is 0 Å². The van der Waals surface area contributed by atoms with E-state index in [0.717, 1.165) is 10.9 Å². The maximum absolute atomic E-state index is 13.9. The Balaban J connectivity index is 2.04. The van der Waals surface area contributed by atoms with E-state index in [4.69, 9.17) is 4.74 Å². The Morgan fingerprint density at radius 1 is 1.14 bits per heavy atom. The SMILES string of the molecule is CC(=O)c1cccc(F)c1Oc1cnc2ccccc2c1. The number of nitrogens with zero attached hydrogens (tertiary/aromatic N) is 1. The summed E-state index contributed by atoms with van der Waals surface area (Å²) in [5.74, 6) is -0.502. The molecule has 0 aliphatic rings. The summed E-state index contributed by atoms with van der Waals surface area (Å²) in [6.45, 7) is 1.38. The Morgan fingerprint density at radius 2 is 1.95 bits per heavy atom. The van der Waals surface area contributed by atoms with Gasteiger partial charge in [-0.15, -0.1) is 0 Å². The molecule has 2 aromatic carbocycles. The molecular formula is C17H12FNO2.